The van der Waals surface area contributed by atoms with Crippen LogP contribution < -0.4 is 20.7 Å². The van der Waals surface area contributed by atoms with Gasteiger partial charge in [0.25, 0.3) is 5.91 Å². The highest BCUT2D eigenvalue weighted by atomic mass is 32.2. The van der Waals surface area contributed by atoms with Crippen LogP contribution in [0.3, 0.4) is 0 Å². The molecule has 16 heteroatoms. The molecular weight excluding hydrogens is 689 g/mol. The van der Waals surface area contributed by atoms with E-state index in [0.29, 0.717) is 51.9 Å². The highest BCUT2D eigenvalue weighted by Crippen LogP contribution is 2.33. The Morgan fingerprint density at radius 2 is 1.63 bits per heavy atom. The molecule has 2 aromatic carbocycles. The summed E-state index contributed by atoms with van der Waals surface area (Å²) in [5, 5.41) is 7.46. The summed E-state index contributed by atoms with van der Waals surface area (Å²) in [4.78, 5) is 56.5. The largest absolute Gasteiger partial charge is 0.353 e. The Hall–Kier alpha value is -4.18. The second-order valence-electron chi connectivity index (χ2n) is 13.4. The van der Waals surface area contributed by atoms with Gasteiger partial charge in [0.2, 0.25) is 27.7 Å². The first kappa shape index (κ1) is 39.6. The van der Waals surface area contributed by atoms with E-state index in [-0.39, 0.29) is 35.2 Å². The van der Waals surface area contributed by atoms with Crippen molar-refractivity contribution in [1.29, 1.82) is 0 Å². The maximum Gasteiger partial charge on any atom is 0.349 e. The van der Waals surface area contributed by atoms with Gasteiger partial charge in [0.1, 0.15) is 11.9 Å². The van der Waals surface area contributed by atoms with E-state index in [0.717, 1.165) is 30.9 Å². The van der Waals surface area contributed by atoms with Crippen molar-refractivity contribution in [2.45, 2.75) is 76.3 Å². The number of nitrogens with one attached hydrogen (secondary N) is 4. The fourth-order valence-electron chi connectivity index (χ4n) is 6.56. The highest BCUT2D eigenvalue weighted by Gasteiger charge is 2.44. The molecule has 0 aromatic heterocycles. The number of likely N-dealkylation sites (N-methyl/N-ethyl adjacent to an activating group) is 1. The Morgan fingerprint density at radius 3 is 2.24 bits per heavy atom. The number of hydrogen-bond acceptors (Lipinski definition) is 7. The maximum absolute atomic E-state index is 15.8. The normalized spacial score (nSPS) is 17.9. The highest BCUT2D eigenvalue weighted by molar-refractivity contribution is 7.92. The van der Waals surface area contributed by atoms with Gasteiger partial charge in [-0.25, -0.2) is 12.8 Å². The molecule has 0 radical (unpaired) electrons. The maximum atomic E-state index is 15.8. The summed E-state index contributed by atoms with van der Waals surface area (Å²) in [6.45, 7) is 5.60. The predicted molar refractivity (Wildman–Crippen MR) is 187 cm³/mol. The lowest BCUT2D eigenvalue weighted by atomic mass is 9.83. The minimum absolute atomic E-state index is 0.169. The van der Waals surface area contributed by atoms with Crippen LogP contribution in [0.25, 0.3) is 0 Å². The van der Waals surface area contributed by atoms with Crippen LogP contribution in [0.4, 0.5) is 24.5 Å². The van der Waals surface area contributed by atoms with Gasteiger partial charge in [0.05, 0.1) is 17.9 Å². The van der Waals surface area contributed by atoms with Crippen molar-refractivity contribution >= 4 is 45.0 Å². The Balaban J connectivity index is 1.57. The summed E-state index contributed by atoms with van der Waals surface area (Å²) in [6, 6.07) is 5.98. The van der Waals surface area contributed by atoms with E-state index >= 15 is 13.2 Å². The topological polar surface area (TPSA) is 157 Å². The van der Waals surface area contributed by atoms with E-state index in [9.17, 15) is 27.6 Å². The summed E-state index contributed by atoms with van der Waals surface area (Å²) in [5.74, 6) is -9.68. The Morgan fingerprint density at radius 1 is 0.961 bits per heavy atom. The van der Waals surface area contributed by atoms with Crippen LogP contribution in [0.15, 0.2) is 42.5 Å². The second kappa shape index (κ2) is 16.9. The predicted octanol–water partition coefficient (Wildman–Crippen LogP) is 3.77. The number of piperazine rings is 1. The zero-order valence-corrected chi connectivity index (χ0v) is 30.1. The van der Waals surface area contributed by atoms with Crippen molar-refractivity contribution in [3.63, 3.8) is 0 Å². The van der Waals surface area contributed by atoms with Gasteiger partial charge >= 0.3 is 5.92 Å². The number of alkyl halides is 2. The van der Waals surface area contributed by atoms with Gasteiger partial charge in [-0.2, -0.15) is 8.78 Å². The third-order valence-electron chi connectivity index (χ3n) is 9.40. The number of nitrogens with zero attached hydrogens (tertiary/aromatic N) is 2. The SMILES string of the molecule is CCC(=O)N[C@H](C)[C@@H](C(=O)N1CCN(C)CC1)c1ccc(NC(=O)[C@@H](NC(=O)C(F)(F)c2cccc(NS(C)(=O)=O)c2)C2CCCCC2)c(F)c1. The molecular formula is C35H47F3N6O6S. The fourth-order valence-corrected chi connectivity index (χ4v) is 7.12. The minimum Gasteiger partial charge on any atom is -0.353 e. The second-order valence-corrected chi connectivity index (χ2v) is 15.2. The van der Waals surface area contributed by atoms with Crippen LogP contribution in [0, 0.1) is 11.7 Å². The Labute approximate surface area is 296 Å². The van der Waals surface area contributed by atoms with Gasteiger partial charge in [-0.1, -0.05) is 44.4 Å². The van der Waals surface area contributed by atoms with Gasteiger partial charge in [-0.15, -0.1) is 0 Å². The zero-order chi connectivity index (χ0) is 37.5. The van der Waals surface area contributed by atoms with Gasteiger partial charge in [0.15, 0.2) is 0 Å². The van der Waals surface area contributed by atoms with Crippen molar-refractivity contribution in [3.05, 3.63) is 59.4 Å². The summed E-state index contributed by atoms with van der Waals surface area (Å²) in [5.41, 5.74) is -0.954. The average Bonchev–Trinajstić information content (AvgIpc) is 3.08. The monoisotopic (exact) mass is 736 g/mol. The Bertz CT molecular complexity index is 1700. The molecule has 2 aromatic rings. The molecule has 0 unspecified atom stereocenters. The molecule has 4 N–H and O–H groups in total. The molecule has 2 fully saturated rings. The third kappa shape index (κ3) is 10.4. The molecule has 1 heterocycles. The van der Waals surface area contributed by atoms with Crippen LogP contribution in [-0.4, -0.2) is 93.4 Å². The number of carbonyl (C=O) groups excluding carboxylic acids is 4. The molecule has 3 atom stereocenters. The van der Waals surface area contributed by atoms with E-state index in [1.807, 2.05) is 7.05 Å². The lowest BCUT2D eigenvalue weighted by Crippen LogP contribution is -2.53. The van der Waals surface area contributed by atoms with E-state index in [4.69, 9.17) is 0 Å². The number of hydrogen-bond donors (Lipinski definition) is 4. The van der Waals surface area contributed by atoms with Gasteiger partial charge < -0.3 is 25.8 Å². The van der Waals surface area contributed by atoms with Crippen molar-refractivity contribution in [1.82, 2.24) is 20.4 Å². The third-order valence-corrected chi connectivity index (χ3v) is 10.0. The van der Waals surface area contributed by atoms with Gasteiger partial charge in [0, 0.05) is 49.9 Å². The van der Waals surface area contributed by atoms with Crippen LogP contribution in [0.2, 0.25) is 0 Å². The van der Waals surface area contributed by atoms with Crippen molar-refractivity contribution in [2.24, 2.45) is 5.92 Å². The molecule has 280 valence electrons. The molecule has 0 spiro atoms. The van der Waals surface area contributed by atoms with Crippen molar-refractivity contribution in [3.8, 4) is 0 Å². The summed E-state index contributed by atoms with van der Waals surface area (Å²) >= 11 is 0. The van der Waals surface area contributed by atoms with Gasteiger partial charge in [-0.05, 0) is 62.6 Å². The van der Waals surface area contributed by atoms with E-state index in [1.165, 1.54) is 24.3 Å². The Kier molecular flexibility index (Phi) is 13.1. The van der Waals surface area contributed by atoms with E-state index in [2.05, 4.69) is 25.6 Å². The minimum atomic E-state index is -4.15. The van der Waals surface area contributed by atoms with Crippen LogP contribution >= 0.6 is 0 Å². The zero-order valence-electron chi connectivity index (χ0n) is 29.3. The molecule has 1 aliphatic heterocycles. The van der Waals surface area contributed by atoms with Crippen molar-refractivity contribution < 1.29 is 40.8 Å². The smallest absolute Gasteiger partial charge is 0.349 e. The number of halogens is 3. The number of anilines is 2. The lowest BCUT2D eigenvalue weighted by molar-refractivity contribution is -0.149. The van der Waals surface area contributed by atoms with Crippen LogP contribution in [0.1, 0.15) is 69.4 Å². The molecule has 4 rings (SSSR count). The number of carbonyl (C=O) groups is 4. The van der Waals surface area contributed by atoms with E-state index < -0.39 is 63.1 Å². The van der Waals surface area contributed by atoms with Gasteiger partial charge in [-0.3, -0.25) is 23.9 Å². The number of rotatable bonds is 13. The first-order valence-electron chi connectivity index (χ1n) is 17.1. The summed E-state index contributed by atoms with van der Waals surface area (Å²) < 4.78 is 72.1. The van der Waals surface area contributed by atoms with Crippen LogP contribution in [-0.2, 0) is 35.1 Å². The molecule has 1 saturated carbocycles. The molecule has 12 nitrogen and oxygen atoms in total. The first-order chi connectivity index (χ1) is 24.0. The van der Waals surface area contributed by atoms with E-state index in [1.54, 1.807) is 18.7 Å². The molecule has 2 aliphatic rings. The van der Waals surface area contributed by atoms with Crippen LogP contribution in [0.5, 0.6) is 0 Å². The quantitative estimate of drug-likeness (QED) is 0.244. The average molecular weight is 737 g/mol. The number of benzene rings is 2. The fraction of sp³-hybridized carbons (Fsp3) is 0.543. The first-order valence-corrected chi connectivity index (χ1v) is 19.0. The summed E-state index contributed by atoms with van der Waals surface area (Å²) in [7, 11) is -1.84. The lowest BCUT2D eigenvalue weighted by Gasteiger charge is -2.36. The van der Waals surface area contributed by atoms with Crippen molar-refractivity contribution in [2.75, 3.05) is 49.5 Å². The molecule has 1 saturated heterocycles. The number of sulfonamides is 1. The number of amides is 4. The molecule has 1 aliphatic carbocycles. The molecule has 0 bridgehead atoms. The summed E-state index contributed by atoms with van der Waals surface area (Å²) in [6.07, 6.45) is 4.27. The molecule has 4 amide bonds. The standard InChI is InChI=1S/C35H47F3N6O6S/c1-5-29(45)39-22(2)30(33(47)44-18-16-43(3)17-19-44)24-14-15-28(27(36)20-24)40-32(46)31(23-10-7-6-8-11-23)41-34(48)35(37,38)25-12-9-13-26(21-25)42-51(4,49)50/h9,12-15,20-23,30-31,42H,5-8,10-11,16-19H2,1-4H3,(H,39,45)(H,40,46)(H,41,48)/t22-,30-,31+/m1/s1. The molecule has 51 heavy (non-hydrogen) atoms.